The van der Waals surface area contributed by atoms with E-state index in [1.807, 2.05) is 19.9 Å². The highest BCUT2D eigenvalue weighted by Crippen LogP contribution is 2.28. The summed E-state index contributed by atoms with van der Waals surface area (Å²) in [6.45, 7) is 3.68. The van der Waals surface area contributed by atoms with Crippen LogP contribution >= 0.6 is 0 Å². The monoisotopic (exact) mass is 288 g/mol. The molecule has 1 heterocycles. The number of nitriles is 1. The number of para-hydroxylation sites is 1. The van der Waals surface area contributed by atoms with Crippen LogP contribution in [0.3, 0.4) is 0 Å². The molecule has 0 saturated carbocycles. The van der Waals surface area contributed by atoms with E-state index in [0.717, 1.165) is 0 Å². The quantitative estimate of drug-likeness (QED) is 0.817. The molecule has 0 bridgehead atoms. The molecule has 0 radical (unpaired) electrons. The topological polar surface area (TPSA) is 99.5 Å². The minimum Gasteiger partial charge on any atom is -0.489 e. The fourth-order valence-corrected chi connectivity index (χ4v) is 1.56. The maximum atomic E-state index is 13.9. The molecule has 21 heavy (non-hydrogen) atoms. The second kappa shape index (κ2) is 6.47. The van der Waals surface area contributed by atoms with E-state index in [1.54, 1.807) is 12.1 Å². The highest BCUT2D eigenvalue weighted by Gasteiger charge is 2.11. The van der Waals surface area contributed by atoms with Gasteiger partial charge in [-0.3, -0.25) is 0 Å². The van der Waals surface area contributed by atoms with Crippen molar-refractivity contribution in [3.63, 3.8) is 0 Å². The molecular weight excluding hydrogens is 275 g/mol. The Hall–Kier alpha value is -2.95. The van der Waals surface area contributed by atoms with Gasteiger partial charge in [-0.1, -0.05) is 6.07 Å². The molecule has 0 aliphatic carbocycles. The van der Waals surface area contributed by atoms with Gasteiger partial charge in [0.25, 0.3) is 0 Å². The van der Waals surface area contributed by atoms with E-state index < -0.39 is 5.82 Å². The number of nitrogens with zero attached hydrogens (tertiary/aromatic N) is 4. The zero-order valence-electron chi connectivity index (χ0n) is 11.5. The lowest BCUT2D eigenvalue weighted by Gasteiger charge is -2.14. The Balaban J connectivity index is 2.29. The molecule has 108 valence electrons. The first-order chi connectivity index (χ1) is 10.1. The smallest absolute Gasteiger partial charge is 0.216 e. The summed E-state index contributed by atoms with van der Waals surface area (Å²) in [5.41, 5.74) is 0.255. The number of hydrogen-bond acceptors (Lipinski definition) is 6. The Morgan fingerprint density at radius 3 is 2.95 bits per heavy atom. The van der Waals surface area contributed by atoms with Gasteiger partial charge in [-0.05, 0) is 31.2 Å². The fourth-order valence-electron chi connectivity index (χ4n) is 1.56. The molecule has 0 fully saturated rings. The first-order valence-corrected chi connectivity index (χ1v) is 6.17. The third-order valence-corrected chi connectivity index (χ3v) is 2.41. The number of H-pyrrole nitrogens is 1. The van der Waals surface area contributed by atoms with Gasteiger partial charge in [0.2, 0.25) is 5.82 Å². The van der Waals surface area contributed by atoms with Gasteiger partial charge in [-0.15, -0.1) is 10.2 Å². The van der Waals surface area contributed by atoms with Crippen molar-refractivity contribution in [2.24, 2.45) is 0 Å². The zero-order valence-corrected chi connectivity index (χ0v) is 11.5. The van der Waals surface area contributed by atoms with Crippen LogP contribution in [0.5, 0.6) is 5.75 Å². The summed E-state index contributed by atoms with van der Waals surface area (Å²) in [7, 11) is 0. The highest BCUT2D eigenvalue weighted by atomic mass is 19.1. The molecule has 0 aliphatic heterocycles. The van der Waals surface area contributed by atoms with Crippen molar-refractivity contribution in [2.75, 3.05) is 5.32 Å². The van der Waals surface area contributed by atoms with Crippen LogP contribution in [0.15, 0.2) is 24.4 Å². The molecule has 0 unspecified atom stereocenters. The maximum absolute atomic E-state index is 13.9. The van der Waals surface area contributed by atoms with E-state index in [0.29, 0.717) is 5.75 Å². The number of anilines is 1. The van der Waals surface area contributed by atoms with E-state index in [9.17, 15) is 4.39 Å². The van der Waals surface area contributed by atoms with Crippen LogP contribution in [0.25, 0.3) is 5.57 Å². The van der Waals surface area contributed by atoms with E-state index >= 15 is 0 Å². The lowest BCUT2D eigenvalue weighted by molar-refractivity contribution is 0.243. The number of benzene rings is 1. The standard InChI is InChI=1S/C13H13FN6O/c1-8(2)21-11-5-3-4-10(14)12(11)16-7-9(6-15)13-17-19-20-18-13/h3-5,7-8,16H,1-2H3,(H,17,18,19,20). The third-order valence-electron chi connectivity index (χ3n) is 2.41. The second-order valence-electron chi connectivity index (χ2n) is 4.33. The molecule has 2 rings (SSSR count). The third kappa shape index (κ3) is 3.54. The summed E-state index contributed by atoms with van der Waals surface area (Å²) in [4.78, 5) is 0. The van der Waals surface area contributed by atoms with Crippen molar-refractivity contribution >= 4 is 11.3 Å². The van der Waals surface area contributed by atoms with Crippen LogP contribution in [0.4, 0.5) is 10.1 Å². The Morgan fingerprint density at radius 2 is 2.33 bits per heavy atom. The van der Waals surface area contributed by atoms with Crippen molar-refractivity contribution in [3.05, 3.63) is 36.0 Å². The molecule has 0 amide bonds. The molecule has 0 aliphatic rings. The SMILES string of the molecule is CC(C)Oc1cccc(F)c1NC=C(C#N)c1nn[nH]n1. The normalized spacial score (nSPS) is 11.3. The van der Waals surface area contributed by atoms with Gasteiger partial charge in [0.1, 0.15) is 28.9 Å². The van der Waals surface area contributed by atoms with Crippen molar-refractivity contribution in [1.82, 2.24) is 20.6 Å². The summed E-state index contributed by atoms with van der Waals surface area (Å²) < 4.78 is 19.4. The average Bonchev–Trinajstić information content (AvgIpc) is 2.95. The Morgan fingerprint density at radius 1 is 1.52 bits per heavy atom. The Labute approximate surface area is 120 Å². The van der Waals surface area contributed by atoms with Crippen LogP contribution in [-0.4, -0.2) is 26.7 Å². The highest BCUT2D eigenvalue weighted by molar-refractivity contribution is 5.75. The molecule has 7 nitrogen and oxygen atoms in total. The molecule has 2 aromatic rings. The van der Waals surface area contributed by atoms with Crippen LogP contribution in [0.2, 0.25) is 0 Å². The number of allylic oxidation sites excluding steroid dienone is 1. The minimum atomic E-state index is -0.491. The predicted octanol–water partition coefficient (Wildman–Crippen LogP) is 2.10. The molecule has 1 aromatic carbocycles. The maximum Gasteiger partial charge on any atom is 0.216 e. The number of aromatic amines is 1. The molecule has 0 saturated heterocycles. The summed E-state index contributed by atoms with van der Waals surface area (Å²) in [5, 5.41) is 24.8. The van der Waals surface area contributed by atoms with Gasteiger partial charge in [0.05, 0.1) is 6.10 Å². The number of rotatable bonds is 5. The lowest BCUT2D eigenvalue weighted by atomic mass is 10.2. The molecule has 0 spiro atoms. The average molecular weight is 288 g/mol. The van der Waals surface area contributed by atoms with Gasteiger partial charge < -0.3 is 10.1 Å². The summed E-state index contributed by atoms with van der Waals surface area (Å²) in [6, 6.07) is 6.39. The van der Waals surface area contributed by atoms with Crippen LogP contribution < -0.4 is 10.1 Å². The van der Waals surface area contributed by atoms with Gasteiger partial charge in [-0.25, -0.2) is 4.39 Å². The fraction of sp³-hybridized carbons (Fsp3) is 0.231. The zero-order chi connectivity index (χ0) is 15.2. The first-order valence-electron chi connectivity index (χ1n) is 6.17. The Bertz CT molecular complexity index is 674. The van der Waals surface area contributed by atoms with E-state index in [2.05, 4.69) is 25.9 Å². The lowest BCUT2D eigenvalue weighted by Crippen LogP contribution is -2.08. The molecule has 8 heteroatoms. The van der Waals surface area contributed by atoms with Gasteiger partial charge in [0, 0.05) is 6.20 Å². The van der Waals surface area contributed by atoms with Crippen molar-refractivity contribution in [1.29, 1.82) is 5.26 Å². The molecule has 1 aromatic heterocycles. The van der Waals surface area contributed by atoms with Crippen molar-refractivity contribution in [2.45, 2.75) is 20.0 Å². The van der Waals surface area contributed by atoms with E-state index in [-0.39, 0.29) is 23.2 Å². The Kier molecular flexibility index (Phi) is 4.46. The predicted molar refractivity (Wildman–Crippen MR) is 73.6 cm³/mol. The summed E-state index contributed by atoms with van der Waals surface area (Å²) in [5.74, 6) is -0.0193. The number of ether oxygens (including phenoxy) is 1. The van der Waals surface area contributed by atoms with Crippen molar-refractivity contribution < 1.29 is 9.13 Å². The summed E-state index contributed by atoms with van der Waals surface area (Å²) >= 11 is 0. The number of halogens is 1. The number of aromatic nitrogens is 4. The van der Waals surface area contributed by atoms with Crippen LogP contribution in [-0.2, 0) is 0 Å². The summed E-state index contributed by atoms with van der Waals surface area (Å²) in [6.07, 6.45) is 1.19. The number of tetrazole rings is 1. The molecule has 2 N–H and O–H groups in total. The van der Waals surface area contributed by atoms with Gasteiger partial charge in [0.15, 0.2) is 0 Å². The molecule has 0 atom stereocenters. The number of nitrogens with one attached hydrogen (secondary N) is 2. The number of hydrogen-bond donors (Lipinski definition) is 2. The second-order valence-corrected chi connectivity index (χ2v) is 4.33. The van der Waals surface area contributed by atoms with E-state index in [1.165, 1.54) is 12.3 Å². The van der Waals surface area contributed by atoms with Gasteiger partial charge >= 0.3 is 0 Å². The van der Waals surface area contributed by atoms with Gasteiger partial charge in [-0.2, -0.15) is 10.5 Å². The van der Waals surface area contributed by atoms with Crippen LogP contribution in [0.1, 0.15) is 19.7 Å². The molecular formula is C13H13FN6O. The van der Waals surface area contributed by atoms with Crippen LogP contribution in [0, 0.1) is 17.1 Å². The first kappa shape index (κ1) is 14.5. The van der Waals surface area contributed by atoms with E-state index in [4.69, 9.17) is 10.00 Å². The van der Waals surface area contributed by atoms with Crippen molar-refractivity contribution in [3.8, 4) is 11.8 Å². The minimum absolute atomic E-state index is 0.107. The largest absolute Gasteiger partial charge is 0.489 e.